The fourth-order valence-corrected chi connectivity index (χ4v) is 2.84. The van der Waals surface area contributed by atoms with Crippen molar-refractivity contribution in [1.82, 2.24) is 20.5 Å². The molecule has 0 unspecified atom stereocenters. The number of carbonyl (C=O) groups excluding carboxylic acids is 1. The maximum atomic E-state index is 11.9. The molecular weight excluding hydrogens is 372 g/mol. The van der Waals surface area contributed by atoms with Crippen LogP contribution in [0.3, 0.4) is 0 Å². The van der Waals surface area contributed by atoms with Crippen LogP contribution >= 0.6 is 23.4 Å². The fourth-order valence-electron chi connectivity index (χ4n) is 2.07. The van der Waals surface area contributed by atoms with E-state index in [0.29, 0.717) is 28.3 Å². The van der Waals surface area contributed by atoms with E-state index in [9.17, 15) is 4.79 Å². The standard InChI is InChI=1S/C18H17ClN4O2S/c19-14-6-8-15(9-7-14)25-11-16-21-18(23-22-16)26-12-17(24)20-10-13-4-2-1-3-5-13/h1-9H,10-12H2,(H,20,24)(H,21,22,23). The number of hydrogen-bond acceptors (Lipinski definition) is 5. The minimum atomic E-state index is -0.0670. The van der Waals surface area contributed by atoms with Gasteiger partial charge in [-0.2, -0.15) is 0 Å². The topological polar surface area (TPSA) is 79.9 Å². The van der Waals surface area contributed by atoms with Crippen LogP contribution in [0.25, 0.3) is 0 Å². The first-order valence-corrected chi connectivity index (χ1v) is 9.28. The summed E-state index contributed by atoms with van der Waals surface area (Å²) < 4.78 is 5.59. The van der Waals surface area contributed by atoms with Crippen molar-refractivity contribution >= 4 is 29.3 Å². The average molecular weight is 389 g/mol. The highest BCUT2D eigenvalue weighted by atomic mass is 35.5. The predicted octanol–water partition coefficient (Wildman–Crippen LogP) is 3.45. The van der Waals surface area contributed by atoms with Crippen molar-refractivity contribution < 1.29 is 9.53 Å². The number of halogens is 1. The highest BCUT2D eigenvalue weighted by Gasteiger charge is 2.08. The van der Waals surface area contributed by atoms with Gasteiger partial charge in [0.1, 0.15) is 12.4 Å². The molecule has 6 nitrogen and oxygen atoms in total. The van der Waals surface area contributed by atoms with E-state index in [1.165, 1.54) is 11.8 Å². The molecule has 0 radical (unpaired) electrons. The van der Waals surface area contributed by atoms with Gasteiger partial charge in [-0.3, -0.25) is 9.89 Å². The lowest BCUT2D eigenvalue weighted by Crippen LogP contribution is -2.24. The first kappa shape index (κ1) is 18.3. The third-order valence-electron chi connectivity index (χ3n) is 3.37. The van der Waals surface area contributed by atoms with Crippen LogP contribution in [-0.2, 0) is 17.9 Å². The minimum absolute atomic E-state index is 0.0670. The Bertz CT molecular complexity index is 840. The molecule has 1 heterocycles. The van der Waals surface area contributed by atoms with E-state index < -0.39 is 0 Å². The van der Waals surface area contributed by atoms with Gasteiger partial charge in [0.25, 0.3) is 0 Å². The van der Waals surface area contributed by atoms with Crippen LogP contribution in [0, 0.1) is 0 Å². The van der Waals surface area contributed by atoms with Crippen LogP contribution in [0.15, 0.2) is 59.8 Å². The molecule has 0 bridgehead atoms. The van der Waals surface area contributed by atoms with Crippen molar-refractivity contribution in [2.45, 2.75) is 18.3 Å². The monoisotopic (exact) mass is 388 g/mol. The van der Waals surface area contributed by atoms with Crippen molar-refractivity contribution in [1.29, 1.82) is 0 Å². The molecule has 0 aliphatic heterocycles. The number of benzene rings is 2. The molecule has 1 aromatic heterocycles. The summed E-state index contributed by atoms with van der Waals surface area (Å²) in [5.74, 6) is 1.47. The molecule has 0 saturated heterocycles. The Morgan fingerprint density at radius 1 is 1.15 bits per heavy atom. The van der Waals surface area contributed by atoms with E-state index in [-0.39, 0.29) is 18.3 Å². The Kier molecular flexibility index (Phi) is 6.51. The molecular formula is C18H17ClN4O2S. The van der Waals surface area contributed by atoms with E-state index in [1.54, 1.807) is 24.3 Å². The Morgan fingerprint density at radius 3 is 2.69 bits per heavy atom. The Morgan fingerprint density at radius 2 is 1.92 bits per heavy atom. The van der Waals surface area contributed by atoms with E-state index in [0.717, 1.165) is 5.56 Å². The lowest BCUT2D eigenvalue weighted by molar-refractivity contribution is -0.118. The van der Waals surface area contributed by atoms with E-state index >= 15 is 0 Å². The van der Waals surface area contributed by atoms with Crippen molar-refractivity contribution in [2.24, 2.45) is 0 Å². The molecule has 3 aromatic rings. The van der Waals surface area contributed by atoms with Crippen molar-refractivity contribution in [3.8, 4) is 5.75 Å². The third kappa shape index (κ3) is 5.79. The SMILES string of the molecule is O=C(CSc1n[nH]c(COc2ccc(Cl)cc2)n1)NCc1ccccc1. The van der Waals surface area contributed by atoms with Gasteiger partial charge in [0.15, 0.2) is 5.82 Å². The smallest absolute Gasteiger partial charge is 0.230 e. The van der Waals surface area contributed by atoms with Crippen LogP contribution in [0.4, 0.5) is 0 Å². The first-order valence-electron chi connectivity index (χ1n) is 7.92. The zero-order valence-corrected chi connectivity index (χ0v) is 15.4. The zero-order valence-electron chi connectivity index (χ0n) is 13.8. The molecule has 0 spiro atoms. The van der Waals surface area contributed by atoms with Crippen molar-refractivity contribution in [3.05, 3.63) is 71.0 Å². The number of thioether (sulfide) groups is 1. The van der Waals surface area contributed by atoms with Crippen LogP contribution in [-0.4, -0.2) is 26.8 Å². The number of aromatic nitrogens is 3. The number of H-pyrrole nitrogens is 1. The van der Waals surface area contributed by atoms with Gasteiger partial charge < -0.3 is 10.1 Å². The molecule has 134 valence electrons. The highest BCUT2D eigenvalue weighted by molar-refractivity contribution is 7.99. The molecule has 2 aromatic carbocycles. The predicted molar refractivity (Wildman–Crippen MR) is 101 cm³/mol. The summed E-state index contributed by atoms with van der Waals surface area (Å²) in [6.45, 7) is 0.768. The average Bonchev–Trinajstić information content (AvgIpc) is 3.13. The third-order valence-corrected chi connectivity index (χ3v) is 4.46. The summed E-state index contributed by atoms with van der Waals surface area (Å²) in [5, 5.41) is 10.9. The van der Waals surface area contributed by atoms with Gasteiger partial charge in [-0.15, -0.1) is 5.10 Å². The molecule has 0 fully saturated rings. The van der Waals surface area contributed by atoms with Gasteiger partial charge >= 0.3 is 0 Å². The fraction of sp³-hybridized carbons (Fsp3) is 0.167. The van der Waals surface area contributed by atoms with E-state index in [4.69, 9.17) is 16.3 Å². The Labute approximate surface area is 160 Å². The molecule has 0 saturated carbocycles. The van der Waals surface area contributed by atoms with Crippen LogP contribution in [0.1, 0.15) is 11.4 Å². The molecule has 2 N–H and O–H groups in total. The number of rotatable bonds is 8. The van der Waals surface area contributed by atoms with Crippen molar-refractivity contribution in [2.75, 3.05) is 5.75 Å². The molecule has 1 amide bonds. The summed E-state index contributed by atoms with van der Waals surface area (Å²) >= 11 is 7.10. The number of nitrogens with one attached hydrogen (secondary N) is 2. The first-order chi connectivity index (χ1) is 12.7. The lowest BCUT2D eigenvalue weighted by atomic mass is 10.2. The largest absolute Gasteiger partial charge is 0.486 e. The van der Waals surface area contributed by atoms with Crippen LogP contribution in [0.2, 0.25) is 5.02 Å². The number of amides is 1. The quantitative estimate of drug-likeness (QED) is 0.578. The van der Waals surface area contributed by atoms with E-state index in [1.807, 2.05) is 30.3 Å². The Hall–Kier alpha value is -2.51. The van der Waals surface area contributed by atoms with Gasteiger partial charge in [0.2, 0.25) is 11.1 Å². The molecule has 8 heteroatoms. The normalized spacial score (nSPS) is 10.5. The summed E-state index contributed by atoms with van der Waals surface area (Å²) in [7, 11) is 0. The second kappa shape index (κ2) is 9.26. The molecule has 3 rings (SSSR count). The van der Waals surface area contributed by atoms with Crippen molar-refractivity contribution in [3.63, 3.8) is 0 Å². The van der Waals surface area contributed by atoms with Crippen LogP contribution in [0.5, 0.6) is 5.75 Å². The second-order valence-electron chi connectivity index (χ2n) is 5.36. The maximum absolute atomic E-state index is 11.9. The summed E-state index contributed by atoms with van der Waals surface area (Å²) in [4.78, 5) is 16.2. The number of hydrogen-bond donors (Lipinski definition) is 2. The molecule has 0 aliphatic rings. The van der Waals surface area contributed by atoms with Gasteiger partial charge in [-0.1, -0.05) is 53.7 Å². The van der Waals surface area contributed by atoms with Gasteiger partial charge in [0, 0.05) is 11.6 Å². The number of aromatic amines is 1. The summed E-state index contributed by atoms with van der Waals surface area (Å²) in [6.07, 6.45) is 0. The Balaban J connectivity index is 1.40. The second-order valence-corrected chi connectivity index (χ2v) is 6.74. The zero-order chi connectivity index (χ0) is 18.2. The lowest BCUT2D eigenvalue weighted by Gasteiger charge is -2.04. The minimum Gasteiger partial charge on any atom is -0.486 e. The van der Waals surface area contributed by atoms with Gasteiger partial charge in [0.05, 0.1) is 5.75 Å². The summed E-state index contributed by atoms with van der Waals surface area (Å²) in [6, 6.07) is 16.8. The highest BCUT2D eigenvalue weighted by Crippen LogP contribution is 2.17. The number of ether oxygens (including phenoxy) is 1. The number of nitrogens with zero attached hydrogens (tertiary/aromatic N) is 2. The van der Waals surface area contributed by atoms with Gasteiger partial charge in [-0.05, 0) is 29.8 Å². The molecule has 0 atom stereocenters. The molecule has 26 heavy (non-hydrogen) atoms. The van der Waals surface area contributed by atoms with E-state index in [2.05, 4.69) is 20.5 Å². The van der Waals surface area contributed by atoms with Gasteiger partial charge in [-0.25, -0.2) is 4.98 Å². The summed E-state index contributed by atoms with van der Waals surface area (Å²) in [5.41, 5.74) is 1.06. The maximum Gasteiger partial charge on any atom is 0.230 e. The van der Waals surface area contributed by atoms with Crippen LogP contribution < -0.4 is 10.1 Å². The molecule has 0 aliphatic carbocycles. The number of carbonyl (C=O) groups is 1.